The third kappa shape index (κ3) is 4.38. The Morgan fingerprint density at radius 1 is 1.55 bits per heavy atom. The van der Waals surface area contributed by atoms with Crippen molar-refractivity contribution in [3.8, 4) is 0 Å². The fraction of sp³-hybridized carbons (Fsp3) is 0.571. The number of hydrogen-bond donors (Lipinski definition) is 3. The van der Waals surface area contributed by atoms with E-state index in [2.05, 4.69) is 36.3 Å². The Morgan fingerprint density at radius 3 is 2.55 bits per heavy atom. The van der Waals surface area contributed by atoms with Gasteiger partial charge in [-0.05, 0) is 5.92 Å². The minimum absolute atomic E-state index is 0.00185. The van der Waals surface area contributed by atoms with Gasteiger partial charge < -0.3 is 11.2 Å². The van der Waals surface area contributed by atoms with Gasteiger partial charge in [0.25, 0.3) is 0 Å². The molecule has 0 aliphatic rings. The maximum atomic E-state index is 5.15. The fourth-order valence-electron chi connectivity index (χ4n) is 0.613. The predicted molar refractivity (Wildman–Crippen MR) is 47.8 cm³/mol. The summed E-state index contributed by atoms with van der Waals surface area (Å²) in [5.74, 6) is 0.391. The second-order valence-electron chi connectivity index (χ2n) is 2.48. The van der Waals surface area contributed by atoms with Crippen molar-refractivity contribution in [1.29, 1.82) is 0 Å². The standard InChI is InChI=1S/C7H16N4/c1-4-10-11-7(6(2)3)9-5-8/h4-7,10-11H,1H2,2-3H3,(H2,8,9). The van der Waals surface area contributed by atoms with Crippen LogP contribution in [-0.2, 0) is 0 Å². The molecule has 4 heteroatoms. The molecule has 0 aliphatic heterocycles. The molecule has 1 atom stereocenters. The maximum absolute atomic E-state index is 5.15. The zero-order chi connectivity index (χ0) is 8.69. The van der Waals surface area contributed by atoms with Crippen LogP contribution in [0.5, 0.6) is 0 Å². The molecule has 0 aliphatic carbocycles. The first-order valence-corrected chi connectivity index (χ1v) is 3.57. The number of nitrogens with one attached hydrogen (secondary N) is 2. The van der Waals surface area contributed by atoms with E-state index < -0.39 is 0 Å². The largest absolute Gasteiger partial charge is 0.390 e. The Kier molecular flexibility index (Phi) is 5.20. The van der Waals surface area contributed by atoms with Gasteiger partial charge in [-0.25, -0.2) is 5.43 Å². The smallest absolute Gasteiger partial charge is 0.120 e. The Morgan fingerprint density at radius 2 is 2.18 bits per heavy atom. The molecule has 0 aromatic heterocycles. The molecule has 0 rings (SSSR count). The minimum atomic E-state index is -0.00185. The summed E-state index contributed by atoms with van der Waals surface area (Å²) in [5, 5.41) is 0. The van der Waals surface area contributed by atoms with E-state index in [0.29, 0.717) is 5.92 Å². The highest BCUT2D eigenvalue weighted by atomic mass is 15.4. The Balaban J connectivity index is 3.78. The maximum Gasteiger partial charge on any atom is 0.120 e. The second-order valence-corrected chi connectivity index (χ2v) is 2.48. The van der Waals surface area contributed by atoms with E-state index in [1.165, 1.54) is 6.34 Å². The quantitative estimate of drug-likeness (QED) is 0.302. The number of hydrazine groups is 1. The lowest BCUT2D eigenvalue weighted by Gasteiger charge is -2.16. The first-order valence-electron chi connectivity index (χ1n) is 3.57. The van der Waals surface area contributed by atoms with Crippen molar-refractivity contribution < 1.29 is 0 Å². The number of nitrogens with zero attached hydrogens (tertiary/aromatic N) is 1. The first kappa shape index (κ1) is 9.97. The molecule has 0 saturated heterocycles. The van der Waals surface area contributed by atoms with Crippen molar-refractivity contribution in [3.63, 3.8) is 0 Å². The van der Waals surface area contributed by atoms with E-state index in [-0.39, 0.29) is 6.17 Å². The van der Waals surface area contributed by atoms with Crippen LogP contribution in [0.1, 0.15) is 13.8 Å². The summed E-state index contributed by atoms with van der Waals surface area (Å²) >= 11 is 0. The van der Waals surface area contributed by atoms with Crippen molar-refractivity contribution in [2.75, 3.05) is 0 Å². The molecule has 0 aromatic rings. The molecule has 0 heterocycles. The van der Waals surface area contributed by atoms with E-state index in [4.69, 9.17) is 5.73 Å². The van der Waals surface area contributed by atoms with E-state index in [1.54, 1.807) is 6.20 Å². The molecule has 0 bridgehead atoms. The lowest BCUT2D eigenvalue weighted by molar-refractivity contribution is 0.389. The average Bonchev–Trinajstić information content (AvgIpc) is 1.97. The van der Waals surface area contributed by atoms with Crippen LogP contribution in [0.3, 0.4) is 0 Å². The topological polar surface area (TPSA) is 62.4 Å². The number of hydrogen-bond acceptors (Lipinski definition) is 3. The highest BCUT2D eigenvalue weighted by Crippen LogP contribution is 2.00. The summed E-state index contributed by atoms with van der Waals surface area (Å²) in [6, 6.07) is 0. The van der Waals surface area contributed by atoms with Crippen molar-refractivity contribution in [3.05, 3.63) is 12.8 Å². The highest BCUT2D eigenvalue weighted by molar-refractivity contribution is 5.51. The molecule has 0 saturated carbocycles. The lowest BCUT2D eigenvalue weighted by atomic mass is 10.2. The molecule has 1 unspecified atom stereocenters. The zero-order valence-electron chi connectivity index (χ0n) is 7.04. The summed E-state index contributed by atoms with van der Waals surface area (Å²) in [5.41, 5.74) is 10.8. The van der Waals surface area contributed by atoms with Crippen molar-refractivity contribution in [1.82, 2.24) is 10.9 Å². The van der Waals surface area contributed by atoms with E-state index >= 15 is 0 Å². The van der Waals surface area contributed by atoms with E-state index in [0.717, 1.165) is 0 Å². The van der Waals surface area contributed by atoms with Gasteiger partial charge in [-0.1, -0.05) is 20.4 Å². The summed E-state index contributed by atoms with van der Waals surface area (Å²) in [7, 11) is 0. The molecule has 4 nitrogen and oxygen atoms in total. The summed E-state index contributed by atoms with van der Waals surface area (Å²) < 4.78 is 0. The molecule has 0 spiro atoms. The van der Waals surface area contributed by atoms with E-state index in [9.17, 15) is 0 Å². The molecule has 4 N–H and O–H groups in total. The van der Waals surface area contributed by atoms with Gasteiger partial charge >= 0.3 is 0 Å². The Hall–Kier alpha value is -1.03. The van der Waals surface area contributed by atoms with Gasteiger partial charge in [0.1, 0.15) is 6.17 Å². The zero-order valence-corrected chi connectivity index (χ0v) is 7.04. The Bertz CT molecular complexity index is 130. The number of rotatable bonds is 5. The molecule has 11 heavy (non-hydrogen) atoms. The predicted octanol–water partition coefficient (Wildman–Crippen LogP) is 0.193. The van der Waals surface area contributed by atoms with Crippen LogP contribution in [0.2, 0.25) is 0 Å². The molecule has 0 aromatic carbocycles. The molecular formula is C7H16N4. The molecule has 64 valence electrons. The van der Waals surface area contributed by atoms with Crippen molar-refractivity contribution in [2.45, 2.75) is 20.0 Å². The molecule has 0 amide bonds. The van der Waals surface area contributed by atoms with Gasteiger partial charge in [0.15, 0.2) is 0 Å². The van der Waals surface area contributed by atoms with Crippen molar-refractivity contribution in [2.24, 2.45) is 16.6 Å². The SMILES string of the molecule is C=CNNC(N=CN)C(C)C. The number of nitrogens with two attached hydrogens (primary N) is 1. The third-order valence-corrected chi connectivity index (χ3v) is 1.21. The molecule has 0 radical (unpaired) electrons. The second kappa shape index (κ2) is 5.73. The van der Waals surface area contributed by atoms with E-state index in [1.807, 2.05) is 0 Å². The van der Waals surface area contributed by atoms with Crippen molar-refractivity contribution >= 4 is 6.34 Å². The summed E-state index contributed by atoms with van der Waals surface area (Å²) in [6.07, 6.45) is 2.85. The Labute approximate surface area is 67.5 Å². The fourth-order valence-corrected chi connectivity index (χ4v) is 0.613. The normalized spacial score (nSPS) is 13.7. The average molecular weight is 156 g/mol. The molecular weight excluding hydrogens is 140 g/mol. The van der Waals surface area contributed by atoms with Gasteiger partial charge in [0.2, 0.25) is 0 Å². The van der Waals surface area contributed by atoms with Gasteiger partial charge in [-0.2, -0.15) is 0 Å². The highest BCUT2D eigenvalue weighted by Gasteiger charge is 2.07. The summed E-state index contributed by atoms with van der Waals surface area (Å²) in [6.45, 7) is 7.60. The van der Waals surface area contributed by atoms with Crippen LogP contribution in [0.25, 0.3) is 0 Å². The first-order chi connectivity index (χ1) is 5.22. The summed E-state index contributed by atoms with van der Waals surface area (Å²) in [4.78, 5) is 3.99. The lowest BCUT2D eigenvalue weighted by Crippen LogP contribution is -2.39. The van der Waals surface area contributed by atoms with Crippen LogP contribution in [-0.4, -0.2) is 12.5 Å². The van der Waals surface area contributed by atoms with Gasteiger partial charge in [-0.3, -0.25) is 4.99 Å². The van der Waals surface area contributed by atoms with Crippen LogP contribution in [0, 0.1) is 5.92 Å². The van der Waals surface area contributed by atoms with Gasteiger partial charge in [-0.15, -0.1) is 0 Å². The van der Waals surface area contributed by atoms with Gasteiger partial charge in [0, 0.05) is 6.20 Å². The van der Waals surface area contributed by atoms with Crippen LogP contribution in [0.15, 0.2) is 17.8 Å². The molecule has 0 fully saturated rings. The van der Waals surface area contributed by atoms with Gasteiger partial charge in [0.05, 0.1) is 6.34 Å². The van der Waals surface area contributed by atoms with Crippen LogP contribution < -0.4 is 16.6 Å². The minimum Gasteiger partial charge on any atom is -0.390 e. The van der Waals surface area contributed by atoms with Crippen LogP contribution in [0.4, 0.5) is 0 Å². The third-order valence-electron chi connectivity index (χ3n) is 1.21. The monoisotopic (exact) mass is 156 g/mol. The van der Waals surface area contributed by atoms with Crippen LogP contribution >= 0.6 is 0 Å². The number of aliphatic imine (C=N–C) groups is 1.